The lowest BCUT2D eigenvalue weighted by Crippen LogP contribution is -2.32. The van der Waals surface area contributed by atoms with Crippen LogP contribution in [0.4, 0.5) is 4.79 Å². The summed E-state index contributed by atoms with van der Waals surface area (Å²) in [6, 6.07) is 14.5. The van der Waals surface area contributed by atoms with Crippen LogP contribution in [-0.4, -0.2) is 41.3 Å². The summed E-state index contributed by atoms with van der Waals surface area (Å²) in [6.45, 7) is 9.42. The number of aromatic nitrogens is 3. The Bertz CT molecular complexity index is 1200. The molecule has 0 atom stereocenters. The third kappa shape index (κ3) is 6.64. The average molecular weight is 471 g/mol. The van der Waals surface area contributed by atoms with Gasteiger partial charge in [0.05, 0.1) is 22.5 Å². The fraction of sp³-hybridized carbons (Fsp3) is 0.375. The quantitative estimate of drug-likeness (QED) is 0.534. The highest BCUT2D eigenvalue weighted by atomic mass is 32.2. The molecule has 0 aliphatic heterocycles. The largest absolute Gasteiger partial charge is 0.444 e. The van der Waals surface area contributed by atoms with Crippen LogP contribution in [-0.2, 0) is 26.5 Å². The van der Waals surface area contributed by atoms with E-state index in [0.717, 1.165) is 16.7 Å². The molecule has 8 nitrogen and oxygen atoms in total. The Morgan fingerprint density at radius 1 is 1.03 bits per heavy atom. The first-order chi connectivity index (χ1) is 15.4. The molecule has 0 spiro atoms. The Labute approximate surface area is 194 Å². The van der Waals surface area contributed by atoms with E-state index in [4.69, 9.17) is 4.74 Å². The molecule has 9 heteroatoms. The van der Waals surface area contributed by atoms with Gasteiger partial charge in [0.25, 0.3) is 0 Å². The summed E-state index contributed by atoms with van der Waals surface area (Å²) in [5.74, 6) is -0.0856. The number of aromatic amines is 1. The molecule has 3 aromatic rings. The summed E-state index contributed by atoms with van der Waals surface area (Å²) < 4.78 is 31.2. The summed E-state index contributed by atoms with van der Waals surface area (Å²) >= 11 is 0. The van der Waals surface area contributed by atoms with Crippen LogP contribution in [0.5, 0.6) is 0 Å². The van der Waals surface area contributed by atoms with Gasteiger partial charge >= 0.3 is 6.09 Å². The van der Waals surface area contributed by atoms with Gasteiger partial charge < -0.3 is 10.1 Å². The smallest absolute Gasteiger partial charge is 0.407 e. The number of benzene rings is 2. The minimum Gasteiger partial charge on any atom is -0.444 e. The molecular weight excluding hydrogens is 440 g/mol. The molecule has 1 heterocycles. The van der Waals surface area contributed by atoms with Crippen molar-refractivity contribution < 1.29 is 17.9 Å². The lowest BCUT2D eigenvalue weighted by molar-refractivity contribution is 0.0523. The zero-order chi connectivity index (χ0) is 24.3. The van der Waals surface area contributed by atoms with Crippen LogP contribution < -0.4 is 5.32 Å². The molecule has 33 heavy (non-hydrogen) atoms. The Balaban J connectivity index is 1.71. The first kappa shape index (κ1) is 24.4. The van der Waals surface area contributed by atoms with E-state index < -0.39 is 26.9 Å². The number of sulfone groups is 1. The summed E-state index contributed by atoms with van der Waals surface area (Å²) in [5.41, 5.74) is 2.07. The molecule has 0 saturated heterocycles. The van der Waals surface area contributed by atoms with E-state index in [-0.39, 0.29) is 10.6 Å². The molecule has 0 aliphatic rings. The minimum absolute atomic E-state index is 0.0856. The Morgan fingerprint density at radius 2 is 1.73 bits per heavy atom. The van der Waals surface area contributed by atoms with Crippen molar-refractivity contribution in [2.75, 3.05) is 5.75 Å². The Morgan fingerprint density at radius 3 is 2.33 bits per heavy atom. The van der Waals surface area contributed by atoms with Crippen LogP contribution in [0.1, 0.15) is 45.9 Å². The molecule has 1 amide bonds. The van der Waals surface area contributed by atoms with Gasteiger partial charge in [-0.1, -0.05) is 44.2 Å². The highest BCUT2D eigenvalue weighted by Gasteiger charge is 2.31. The van der Waals surface area contributed by atoms with Crippen LogP contribution in [0.3, 0.4) is 0 Å². The van der Waals surface area contributed by atoms with E-state index in [1.807, 2.05) is 58.9 Å². The zero-order valence-electron chi connectivity index (χ0n) is 19.5. The third-order valence-corrected chi connectivity index (χ3v) is 7.06. The predicted molar refractivity (Wildman–Crippen MR) is 126 cm³/mol. The zero-order valence-corrected chi connectivity index (χ0v) is 20.4. The summed E-state index contributed by atoms with van der Waals surface area (Å²) in [6.07, 6.45) is 1.07. The van der Waals surface area contributed by atoms with E-state index in [0.29, 0.717) is 12.2 Å². The van der Waals surface area contributed by atoms with E-state index >= 15 is 0 Å². The van der Waals surface area contributed by atoms with Crippen LogP contribution in [0.25, 0.3) is 11.1 Å². The van der Waals surface area contributed by atoms with Crippen LogP contribution >= 0.6 is 0 Å². The molecule has 0 radical (unpaired) electrons. The maximum absolute atomic E-state index is 13.0. The molecular formula is C24H30N4O4S. The van der Waals surface area contributed by atoms with Crippen molar-refractivity contribution in [2.45, 2.75) is 57.1 Å². The maximum Gasteiger partial charge on any atom is 0.407 e. The van der Waals surface area contributed by atoms with Gasteiger partial charge in [-0.15, -0.1) is 0 Å². The Kier molecular flexibility index (Phi) is 6.92. The molecule has 0 unspecified atom stereocenters. The number of hydrogen-bond donors (Lipinski definition) is 2. The number of rotatable bonds is 7. The van der Waals surface area contributed by atoms with Gasteiger partial charge in [0.1, 0.15) is 5.60 Å². The predicted octanol–water partition coefficient (Wildman–Crippen LogP) is 4.25. The molecule has 2 N–H and O–H groups in total. The number of carbonyl (C=O) groups is 1. The number of carbonyl (C=O) groups excluding carboxylic acids is 1. The average Bonchev–Trinajstić information content (AvgIpc) is 3.27. The lowest BCUT2D eigenvalue weighted by atomic mass is 9.93. The van der Waals surface area contributed by atoms with E-state index in [2.05, 4.69) is 20.7 Å². The topological polar surface area (TPSA) is 114 Å². The molecule has 0 fully saturated rings. The molecule has 0 bridgehead atoms. The number of hydrogen-bond acceptors (Lipinski definition) is 6. The number of nitrogens with zero attached hydrogens (tertiary/aromatic N) is 2. The van der Waals surface area contributed by atoms with Gasteiger partial charge in [-0.05, 0) is 55.7 Å². The van der Waals surface area contributed by atoms with Gasteiger partial charge in [0.2, 0.25) is 0 Å². The van der Waals surface area contributed by atoms with Crippen molar-refractivity contribution in [3.63, 3.8) is 0 Å². The lowest BCUT2D eigenvalue weighted by Gasteiger charge is -2.21. The first-order valence-corrected chi connectivity index (χ1v) is 12.3. The van der Waals surface area contributed by atoms with Crippen molar-refractivity contribution in [1.82, 2.24) is 20.7 Å². The van der Waals surface area contributed by atoms with Crippen LogP contribution in [0.15, 0.2) is 59.6 Å². The first-order valence-electron chi connectivity index (χ1n) is 10.6. The fourth-order valence-electron chi connectivity index (χ4n) is 3.36. The molecule has 0 aliphatic carbocycles. The summed E-state index contributed by atoms with van der Waals surface area (Å²) in [7, 11) is -3.53. The van der Waals surface area contributed by atoms with Crippen molar-refractivity contribution in [3.8, 4) is 11.1 Å². The van der Waals surface area contributed by atoms with Crippen molar-refractivity contribution in [1.29, 1.82) is 0 Å². The second-order valence-electron chi connectivity index (χ2n) is 9.58. The normalized spacial score (nSPS) is 12.4. The van der Waals surface area contributed by atoms with Gasteiger partial charge in [0, 0.05) is 12.0 Å². The van der Waals surface area contributed by atoms with E-state index in [9.17, 15) is 13.2 Å². The highest BCUT2D eigenvalue weighted by molar-refractivity contribution is 7.91. The van der Waals surface area contributed by atoms with Crippen molar-refractivity contribution >= 4 is 15.9 Å². The van der Waals surface area contributed by atoms with Crippen molar-refractivity contribution in [3.05, 3.63) is 66.0 Å². The third-order valence-electron chi connectivity index (χ3n) is 4.97. The number of ether oxygens (including phenoxy) is 1. The fourth-order valence-corrected chi connectivity index (χ4v) is 5.18. The standard InChI is InChI=1S/C24H30N4O4S/c1-23(2,3)32-22(29)25-14-17-7-6-8-19(13-17)18-9-11-20(12-10-18)33(30,31)16-24(4,5)21-15-26-28-27-21/h6-13,15H,14,16H2,1-5H3,(H,25,29)(H,26,27,28). The van der Waals surface area contributed by atoms with E-state index in [1.54, 1.807) is 30.5 Å². The SMILES string of the molecule is CC(C)(C)OC(=O)NCc1cccc(-c2ccc(S(=O)(=O)CC(C)(C)c3cn[nH]n3)cc2)c1. The number of amides is 1. The van der Waals surface area contributed by atoms with Gasteiger partial charge in [-0.25, -0.2) is 13.2 Å². The van der Waals surface area contributed by atoms with Crippen LogP contribution in [0.2, 0.25) is 0 Å². The maximum atomic E-state index is 13.0. The number of H-pyrrole nitrogens is 1. The van der Waals surface area contributed by atoms with Crippen LogP contribution in [0, 0.1) is 0 Å². The molecule has 176 valence electrons. The second-order valence-corrected chi connectivity index (χ2v) is 11.6. The van der Waals surface area contributed by atoms with Gasteiger partial charge in [-0.2, -0.15) is 15.4 Å². The van der Waals surface area contributed by atoms with Gasteiger partial charge in [-0.3, -0.25) is 0 Å². The minimum atomic E-state index is -3.53. The monoisotopic (exact) mass is 470 g/mol. The number of nitrogens with one attached hydrogen (secondary N) is 2. The molecule has 2 aromatic carbocycles. The summed E-state index contributed by atoms with van der Waals surface area (Å²) in [5, 5.41) is 13.1. The molecule has 0 saturated carbocycles. The summed E-state index contributed by atoms with van der Waals surface area (Å²) in [4.78, 5) is 12.1. The Hall–Kier alpha value is -3.20. The second kappa shape index (κ2) is 9.35. The number of alkyl carbamates (subject to hydrolysis) is 1. The van der Waals surface area contributed by atoms with E-state index in [1.165, 1.54) is 0 Å². The highest BCUT2D eigenvalue weighted by Crippen LogP contribution is 2.28. The van der Waals surface area contributed by atoms with Gasteiger partial charge in [0.15, 0.2) is 9.84 Å². The molecule has 1 aromatic heterocycles. The van der Waals surface area contributed by atoms with Crippen molar-refractivity contribution in [2.24, 2.45) is 0 Å². The molecule has 3 rings (SSSR count).